The van der Waals surface area contributed by atoms with E-state index in [-0.39, 0.29) is 11.7 Å². The van der Waals surface area contributed by atoms with Crippen molar-refractivity contribution in [3.05, 3.63) is 24.4 Å². The Balaban J connectivity index is 1.73. The van der Waals surface area contributed by atoms with E-state index in [9.17, 15) is 13.2 Å². The molecule has 0 bridgehead atoms. The lowest BCUT2D eigenvalue weighted by molar-refractivity contribution is -0.121. The number of carbonyl (C=O) groups is 1. The van der Waals surface area contributed by atoms with E-state index in [0.29, 0.717) is 51.5 Å². The maximum absolute atomic E-state index is 12.4. The number of sulfonamides is 1. The van der Waals surface area contributed by atoms with Gasteiger partial charge in [0.15, 0.2) is 0 Å². The van der Waals surface area contributed by atoms with E-state index in [4.69, 9.17) is 0 Å². The molecule has 1 aromatic heterocycles. The largest absolute Gasteiger partial charge is 0.356 e. The second kappa shape index (κ2) is 9.15. The van der Waals surface area contributed by atoms with E-state index in [1.165, 1.54) is 0 Å². The number of rotatable bonds is 8. The van der Waals surface area contributed by atoms with Crippen LogP contribution in [0.25, 0.3) is 0 Å². The molecule has 0 spiro atoms. The summed E-state index contributed by atoms with van der Waals surface area (Å²) in [6.07, 6.45) is 2.65. The van der Waals surface area contributed by atoms with Gasteiger partial charge in [-0.05, 0) is 24.5 Å². The molecule has 25 heavy (non-hydrogen) atoms. The number of nitrogens with zero attached hydrogens (tertiary/aromatic N) is 3. The molecule has 1 N–H and O–H groups in total. The van der Waals surface area contributed by atoms with E-state index in [2.05, 4.69) is 15.2 Å². The minimum Gasteiger partial charge on any atom is -0.356 e. The van der Waals surface area contributed by atoms with Gasteiger partial charge in [-0.15, -0.1) is 0 Å². The van der Waals surface area contributed by atoms with Gasteiger partial charge in [0.05, 0.1) is 5.75 Å². The minimum absolute atomic E-state index is 0.0172. The van der Waals surface area contributed by atoms with Crippen LogP contribution in [0.4, 0.5) is 5.82 Å². The van der Waals surface area contributed by atoms with Crippen LogP contribution in [0, 0.1) is 5.92 Å². The van der Waals surface area contributed by atoms with Gasteiger partial charge in [0, 0.05) is 45.3 Å². The van der Waals surface area contributed by atoms with Crippen molar-refractivity contribution in [2.45, 2.75) is 26.7 Å². The molecule has 1 amide bonds. The first kappa shape index (κ1) is 19.7. The number of nitrogens with one attached hydrogen (secondary N) is 1. The van der Waals surface area contributed by atoms with Gasteiger partial charge < -0.3 is 10.2 Å². The molecule has 0 atom stereocenters. The lowest BCUT2D eigenvalue weighted by Crippen LogP contribution is -2.49. The Kier molecular flexibility index (Phi) is 7.19. The van der Waals surface area contributed by atoms with Crippen molar-refractivity contribution in [3.8, 4) is 0 Å². The predicted octanol–water partition coefficient (Wildman–Crippen LogP) is 1.09. The highest BCUT2D eigenvalue weighted by Gasteiger charge is 2.26. The van der Waals surface area contributed by atoms with Crippen LogP contribution in [0.5, 0.6) is 0 Å². The van der Waals surface area contributed by atoms with Crippen LogP contribution < -0.4 is 10.2 Å². The molecule has 2 rings (SSSR count). The molecular weight excluding hydrogens is 340 g/mol. The van der Waals surface area contributed by atoms with Gasteiger partial charge in [0.2, 0.25) is 15.9 Å². The van der Waals surface area contributed by atoms with Crippen LogP contribution in [-0.2, 0) is 14.8 Å². The molecule has 1 saturated heterocycles. The van der Waals surface area contributed by atoms with E-state index >= 15 is 0 Å². The molecule has 1 fully saturated rings. The van der Waals surface area contributed by atoms with Crippen molar-refractivity contribution < 1.29 is 13.2 Å². The maximum atomic E-state index is 12.4. The Morgan fingerprint density at radius 3 is 2.56 bits per heavy atom. The fourth-order valence-corrected chi connectivity index (χ4v) is 4.28. The Morgan fingerprint density at radius 2 is 1.96 bits per heavy atom. The standard InChI is InChI=1S/C17H28N4O3S/c1-15(2)14-17(22)19-8-5-13-25(23,24)21-11-9-20(10-12-21)16-6-3-4-7-18-16/h3-4,6-7,15H,5,8-14H2,1-2H3,(H,19,22). The molecular formula is C17H28N4O3S. The molecule has 0 aliphatic carbocycles. The third-order valence-electron chi connectivity index (χ3n) is 4.10. The SMILES string of the molecule is CC(C)CC(=O)NCCCS(=O)(=O)N1CCN(c2ccccn2)CC1. The van der Waals surface area contributed by atoms with Gasteiger partial charge in [-0.1, -0.05) is 19.9 Å². The van der Waals surface area contributed by atoms with Crippen LogP contribution in [-0.4, -0.2) is 62.1 Å². The third-order valence-corrected chi connectivity index (χ3v) is 6.06. The van der Waals surface area contributed by atoms with Gasteiger partial charge in [0.1, 0.15) is 5.82 Å². The number of carbonyl (C=O) groups excluding carboxylic acids is 1. The first-order valence-electron chi connectivity index (χ1n) is 8.79. The molecule has 8 heteroatoms. The summed E-state index contributed by atoms with van der Waals surface area (Å²) < 4.78 is 26.4. The smallest absolute Gasteiger partial charge is 0.220 e. The van der Waals surface area contributed by atoms with E-state index in [1.807, 2.05) is 32.0 Å². The summed E-state index contributed by atoms with van der Waals surface area (Å²) in [5.41, 5.74) is 0. The topological polar surface area (TPSA) is 82.6 Å². The molecule has 0 radical (unpaired) electrons. The average molecular weight is 369 g/mol. The van der Waals surface area contributed by atoms with Crippen LogP contribution in [0.1, 0.15) is 26.7 Å². The molecule has 2 heterocycles. The number of hydrogen-bond acceptors (Lipinski definition) is 5. The van der Waals surface area contributed by atoms with Crippen molar-refractivity contribution in [1.29, 1.82) is 0 Å². The van der Waals surface area contributed by atoms with Crippen LogP contribution >= 0.6 is 0 Å². The molecule has 0 unspecified atom stereocenters. The zero-order valence-electron chi connectivity index (χ0n) is 15.0. The lowest BCUT2D eigenvalue weighted by atomic mass is 10.1. The summed E-state index contributed by atoms with van der Waals surface area (Å²) in [6.45, 7) is 6.59. The zero-order chi connectivity index (χ0) is 18.3. The Bertz CT molecular complexity index is 641. The normalized spacial score (nSPS) is 16.2. The Labute approximate surface area is 150 Å². The fourth-order valence-electron chi connectivity index (χ4n) is 2.79. The molecule has 1 aliphatic rings. The molecule has 0 aromatic carbocycles. The second-order valence-corrected chi connectivity index (χ2v) is 8.78. The summed E-state index contributed by atoms with van der Waals surface area (Å²) in [4.78, 5) is 18.0. The first-order chi connectivity index (χ1) is 11.9. The van der Waals surface area contributed by atoms with Crippen molar-refractivity contribution in [3.63, 3.8) is 0 Å². The zero-order valence-corrected chi connectivity index (χ0v) is 15.8. The Hall–Kier alpha value is -1.67. The van der Waals surface area contributed by atoms with Gasteiger partial charge in [-0.3, -0.25) is 4.79 Å². The second-order valence-electron chi connectivity index (χ2n) is 6.69. The van der Waals surface area contributed by atoms with Crippen molar-refractivity contribution >= 4 is 21.7 Å². The molecule has 7 nitrogen and oxygen atoms in total. The predicted molar refractivity (Wildman–Crippen MR) is 98.9 cm³/mol. The maximum Gasteiger partial charge on any atom is 0.220 e. The molecule has 0 saturated carbocycles. The highest BCUT2D eigenvalue weighted by Crippen LogP contribution is 2.15. The highest BCUT2D eigenvalue weighted by molar-refractivity contribution is 7.89. The van der Waals surface area contributed by atoms with Crippen molar-refractivity contribution in [2.75, 3.05) is 43.4 Å². The van der Waals surface area contributed by atoms with Crippen molar-refractivity contribution in [1.82, 2.24) is 14.6 Å². The quantitative estimate of drug-likeness (QED) is 0.695. The number of amides is 1. The summed E-state index contributed by atoms with van der Waals surface area (Å²) in [5.74, 6) is 1.24. The van der Waals surface area contributed by atoms with E-state index in [1.54, 1.807) is 10.5 Å². The lowest BCUT2D eigenvalue weighted by Gasteiger charge is -2.34. The van der Waals surface area contributed by atoms with Crippen molar-refractivity contribution in [2.24, 2.45) is 5.92 Å². The fraction of sp³-hybridized carbons (Fsp3) is 0.647. The number of anilines is 1. The monoisotopic (exact) mass is 368 g/mol. The van der Waals surface area contributed by atoms with Crippen LogP contribution in [0.15, 0.2) is 24.4 Å². The molecule has 1 aromatic rings. The van der Waals surface area contributed by atoms with Gasteiger partial charge >= 0.3 is 0 Å². The summed E-state index contributed by atoms with van der Waals surface area (Å²) in [5, 5.41) is 2.78. The minimum atomic E-state index is -3.27. The number of piperazine rings is 1. The Morgan fingerprint density at radius 1 is 1.24 bits per heavy atom. The van der Waals surface area contributed by atoms with Gasteiger partial charge in [-0.25, -0.2) is 13.4 Å². The van der Waals surface area contributed by atoms with E-state index in [0.717, 1.165) is 5.82 Å². The van der Waals surface area contributed by atoms with Gasteiger partial charge in [-0.2, -0.15) is 4.31 Å². The summed E-state index contributed by atoms with van der Waals surface area (Å²) in [6, 6.07) is 5.73. The first-order valence-corrected chi connectivity index (χ1v) is 10.4. The number of pyridine rings is 1. The van der Waals surface area contributed by atoms with Gasteiger partial charge in [0.25, 0.3) is 0 Å². The summed E-state index contributed by atoms with van der Waals surface area (Å²) in [7, 11) is -3.27. The highest BCUT2D eigenvalue weighted by atomic mass is 32.2. The van der Waals surface area contributed by atoms with E-state index < -0.39 is 10.0 Å². The third kappa shape index (κ3) is 6.28. The molecule has 140 valence electrons. The number of hydrogen-bond donors (Lipinski definition) is 1. The average Bonchev–Trinajstić information content (AvgIpc) is 2.59. The number of aromatic nitrogens is 1. The molecule has 1 aliphatic heterocycles. The van der Waals surface area contributed by atoms with Crippen LogP contribution in [0.2, 0.25) is 0 Å². The summed E-state index contributed by atoms with van der Waals surface area (Å²) >= 11 is 0. The van der Waals surface area contributed by atoms with Crippen LogP contribution in [0.3, 0.4) is 0 Å².